The zero-order valence-corrected chi connectivity index (χ0v) is 17.7. The van der Waals surface area contributed by atoms with E-state index in [2.05, 4.69) is 4.98 Å². The average molecular weight is 439 g/mol. The molecule has 0 radical (unpaired) electrons. The van der Waals surface area contributed by atoms with Gasteiger partial charge in [-0.15, -0.1) is 0 Å². The first kappa shape index (κ1) is 20.7. The molecule has 4 nitrogen and oxygen atoms in total. The first-order valence-corrected chi connectivity index (χ1v) is 9.83. The van der Waals surface area contributed by atoms with Gasteiger partial charge in [0.05, 0.1) is 16.7 Å². The summed E-state index contributed by atoms with van der Waals surface area (Å²) in [5, 5.41) is 2.04. The van der Waals surface area contributed by atoms with Crippen LogP contribution in [0, 0.1) is 13.8 Å². The molecule has 3 aromatic rings. The van der Waals surface area contributed by atoms with Crippen molar-refractivity contribution in [3.8, 4) is 11.5 Å². The Kier molecular flexibility index (Phi) is 6.65. The van der Waals surface area contributed by atoms with Crippen LogP contribution >= 0.6 is 34.8 Å². The highest BCUT2D eigenvalue weighted by atomic mass is 35.5. The van der Waals surface area contributed by atoms with Gasteiger partial charge in [0, 0.05) is 22.5 Å². The van der Waals surface area contributed by atoms with Crippen LogP contribution in [0.15, 0.2) is 36.4 Å². The van der Waals surface area contributed by atoms with Crippen molar-refractivity contribution in [3.63, 3.8) is 0 Å². The third-order valence-electron chi connectivity index (χ3n) is 4.11. The molecule has 0 aliphatic carbocycles. The third kappa shape index (κ3) is 4.88. The van der Waals surface area contributed by atoms with E-state index in [0.29, 0.717) is 34.0 Å². The number of rotatable bonds is 6. The summed E-state index contributed by atoms with van der Waals surface area (Å²) in [6.07, 6.45) is 0.676. The summed E-state index contributed by atoms with van der Waals surface area (Å²) in [6, 6.07) is 10.6. The van der Waals surface area contributed by atoms with E-state index in [-0.39, 0.29) is 17.2 Å². The fourth-order valence-corrected chi connectivity index (χ4v) is 3.51. The van der Waals surface area contributed by atoms with Crippen molar-refractivity contribution < 1.29 is 14.3 Å². The number of aryl methyl sites for hydroxylation is 2. The van der Waals surface area contributed by atoms with Gasteiger partial charge in [0.1, 0.15) is 11.3 Å². The van der Waals surface area contributed by atoms with Gasteiger partial charge in [-0.1, -0.05) is 34.8 Å². The number of fused-ring (bicyclic) bond motifs is 1. The molecule has 0 N–H and O–H groups in total. The molecule has 28 heavy (non-hydrogen) atoms. The van der Waals surface area contributed by atoms with E-state index in [9.17, 15) is 4.79 Å². The van der Waals surface area contributed by atoms with Crippen LogP contribution in [0.1, 0.15) is 24.1 Å². The van der Waals surface area contributed by atoms with Gasteiger partial charge in [-0.05, 0) is 62.2 Å². The van der Waals surface area contributed by atoms with E-state index >= 15 is 0 Å². The molecule has 7 heteroatoms. The second kappa shape index (κ2) is 8.99. The van der Waals surface area contributed by atoms with E-state index in [4.69, 9.17) is 44.3 Å². The summed E-state index contributed by atoms with van der Waals surface area (Å²) >= 11 is 18.4. The molecule has 0 saturated carbocycles. The normalized spacial score (nSPS) is 10.9. The van der Waals surface area contributed by atoms with Gasteiger partial charge in [-0.25, -0.2) is 4.98 Å². The number of aromatic nitrogens is 1. The Balaban J connectivity index is 1.63. The van der Waals surface area contributed by atoms with E-state index < -0.39 is 5.97 Å². The minimum Gasteiger partial charge on any atom is -0.493 e. The summed E-state index contributed by atoms with van der Waals surface area (Å²) in [7, 11) is 0. The SMILES string of the molecule is Cc1ccc2c(Cl)cc(Cl)c(OC(=O)CCCOc3ccc(Cl)cc3C)c2n1. The molecule has 0 atom stereocenters. The molecule has 1 heterocycles. The molecule has 0 spiro atoms. The van der Waals surface area contributed by atoms with Gasteiger partial charge in [0.25, 0.3) is 0 Å². The Morgan fingerprint density at radius 3 is 2.57 bits per heavy atom. The molecule has 0 aliphatic heterocycles. The third-order valence-corrected chi connectivity index (χ3v) is 4.94. The van der Waals surface area contributed by atoms with Crippen LogP contribution in [0.25, 0.3) is 10.9 Å². The Hall–Kier alpha value is -2.01. The zero-order valence-electron chi connectivity index (χ0n) is 15.4. The predicted molar refractivity (Wildman–Crippen MR) is 113 cm³/mol. The van der Waals surface area contributed by atoms with Crippen LogP contribution < -0.4 is 9.47 Å². The highest BCUT2D eigenvalue weighted by Crippen LogP contribution is 2.37. The summed E-state index contributed by atoms with van der Waals surface area (Å²) < 4.78 is 11.2. The van der Waals surface area contributed by atoms with Crippen molar-refractivity contribution in [2.24, 2.45) is 0 Å². The van der Waals surface area contributed by atoms with Gasteiger partial charge < -0.3 is 9.47 Å². The first-order chi connectivity index (χ1) is 13.3. The molecule has 0 saturated heterocycles. The topological polar surface area (TPSA) is 48.4 Å². The summed E-state index contributed by atoms with van der Waals surface area (Å²) in [4.78, 5) is 16.7. The molecule has 0 bridgehead atoms. The maximum atomic E-state index is 12.3. The lowest BCUT2D eigenvalue weighted by Crippen LogP contribution is -2.11. The van der Waals surface area contributed by atoms with E-state index in [1.54, 1.807) is 12.1 Å². The number of hydrogen-bond donors (Lipinski definition) is 0. The maximum Gasteiger partial charge on any atom is 0.311 e. The van der Waals surface area contributed by atoms with Crippen LogP contribution in [-0.4, -0.2) is 17.6 Å². The van der Waals surface area contributed by atoms with Crippen molar-refractivity contribution >= 4 is 51.7 Å². The number of pyridine rings is 1. The molecule has 0 fully saturated rings. The molecular formula is C21H18Cl3NO3. The number of esters is 1. The number of hydrogen-bond acceptors (Lipinski definition) is 4. The monoisotopic (exact) mass is 437 g/mol. The van der Waals surface area contributed by atoms with Crippen molar-refractivity contribution in [1.29, 1.82) is 0 Å². The number of nitrogens with zero attached hydrogens (tertiary/aromatic N) is 1. The highest BCUT2D eigenvalue weighted by Gasteiger charge is 2.16. The van der Waals surface area contributed by atoms with Crippen molar-refractivity contribution in [1.82, 2.24) is 4.98 Å². The Morgan fingerprint density at radius 1 is 1.04 bits per heavy atom. The molecule has 0 unspecified atom stereocenters. The smallest absolute Gasteiger partial charge is 0.311 e. The van der Waals surface area contributed by atoms with Gasteiger partial charge in [0.15, 0.2) is 5.75 Å². The number of ether oxygens (including phenoxy) is 2. The molecule has 0 amide bonds. The minimum atomic E-state index is -0.412. The first-order valence-electron chi connectivity index (χ1n) is 8.70. The maximum absolute atomic E-state index is 12.3. The average Bonchev–Trinajstić information content (AvgIpc) is 2.63. The Morgan fingerprint density at radius 2 is 1.82 bits per heavy atom. The van der Waals surface area contributed by atoms with Crippen molar-refractivity contribution in [2.45, 2.75) is 26.7 Å². The van der Waals surface area contributed by atoms with E-state index in [1.165, 1.54) is 0 Å². The van der Waals surface area contributed by atoms with Crippen molar-refractivity contribution in [2.75, 3.05) is 6.61 Å². The second-order valence-corrected chi connectivity index (χ2v) is 7.60. The lowest BCUT2D eigenvalue weighted by molar-refractivity contribution is -0.134. The van der Waals surface area contributed by atoms with Crippen LogP contribution in [0.2, 0.25) is 15.1 Å². The van der Waals surface area contributed by atoms with Crippen LogP contribution in [0.5, 0.6) is 11.5 Å². The molecule has 2 aromatic carbocycles. The van der Waals surface area contributed by atoms with Crippen LogP contribution in [-0.2, 0) is 4.79 Å². The van der Waals surface area contributed by atoms with E-state index in [0.717, 1.165) is 17.0 Å². The summed E-state index contributed by atoms with van der Waals surface area (Å²) in [5.74, 6) is 0.554. The minimum absolute atomic E-state index is 0.179. The lowest BCUT2D eigenvalue weighted by Gasteiger charge is -2.12. The molecule has 146 valence electrons. The highest BCUT2D eigenvalue weighted by molar-refractivity contribution is 6.39. The number of carbonyl (C=O) groups is 1. The van der Waals surface area contributed by atoms with Crippen LogP contribution in [0.3, 0.4) is 0 Å². The van der Waals surface area contributed by atoms with Crippen molar-refractivity contribution in [3.05, 3.63) is 62.7 Å². The lowest BCUT2D eigenvalue weighted by atomic mass is 10.2. The number of halogens is 3. The fourth-order valence-electron chi connectivity index (χ4n) is 2.73. The number of carbonyl (C=O) groups excluding carboxylic acids is 1. The van der Waals surface area contributed by atoms with Crippen LogP contribution in [0.4, 0.5) is 0 Å². The Labute approximate surface area is 178 Å². The summed E-state index contributed by atoms with van der Waals surface area (Å²) in [5.41, 5.74) is 2.18. The second-order valence-electron chi connectivity index (χ2n) is 6.35. The van der Waals surface area contributed by atoms with E-state index in [1.807, 2.05) is 38.1 Å². The molecule has 0 aliphatic rings. The fraction of sp³-hybridized carbons (Fsp3) is 0.238. The zero-order chi connectivity index (χ0) is 20.3. The van der Waals surface area contributed by atoms with Gasteiger partial charge in [-0.2, -0.15) is 0 Å². The molecule has 1 aromatic heterocycles. The number of benzene rings is 2. The Bertz CT molecular complexity index is 1040. The van der Waals surface area contributed by atoms with Gasteiger partial charge in [-0.3, -0.25) is 4.79 Å². The van der Waals surface area contributed by atoms with Gasteiger partial charge >= 0.3 is 5.97 Å². The molecular weight excluding hydrogens is 421 g/mol. The standard InChI is InChI=1S/C21H18Cl3NO3/c1-12-10-14(22)6-8-18(12)27-9-3-4-19(26)28-21-17(24)11-16(23)15-7-5-13(2)25-20(15)21/h5-8,10-11H,3-4,9H2,1-2H3. The molecule has 3 rings (SSSR count). The largest absolute Gasteiger partial charge is 0.493 e. The quantitative estimate of drug-likeness (QED) is 0.248. The predicted octanol–water partition coefficient (Wildman–Crippen LogP) is 6.58. The summed E-state index contributed by atoms with van der Waals surface area (Å²) in [6.45, 7) is 4.14. The van der Waals surface area contributed by atoms with Gasteiger partial charge in [0.2, 0.25) is 0 Å².